The number of hydrogen-bond acceptors (Lipinski definition) is 0. The second-order valence-corrected chi connectivity index (χ2v) is 3.60. The SMILES string of the molecule is CC1C=C[C](C(C)C)CC1. The minimum absolute atomic E-state index is 0.753. The average Bonchev–Trinajstić information content (AvgIpc) is 1.88. The molecule has 0 fully saturated rings. The van der Waals surface area contributed by atoms with Crippen LogP contribution in [-0.2, 0) is 0 Å². The van der Waals surface area contributed by atoms with Crippen LogP contribution in [0.4, 0.5) is 0 Å². The van der Waals surface area contributed by atoms with E-state index >= 15 is 0 Å². The van der Waals surface area contributed by atoms with Crippen molar-refractivity contribution < 1.29 is 0 Å². The van der Waals surface area contributed by atoms with Crippen molar-refractivity contribution in [3.05, 3.63) is 18.1 Å². The summed E-state index contributed by atoms with van der Waals surface area (Å²) in [6, 6.07) is 0. The van der Waals surface area contributed by atoms with Crippen LogP contribution in [0.25, 0.3) is 0 Å². The van der Waals surface area contributed by atoms with Gasteiger partial charge in [-0.25, -0.2) is 0 Å². The van der Waals surface area contributed by atoms with Crippen LogP contribution in [-0.4, -0.2) is 0 Å². The third-order valence-corrected chi connectivity index (χ3v) is 2.27. The zero-order valence-electron chi connectivity index (χ0n) is 7.22. The molecule has 0 aliphatic heterocycles. The lowest BCUT2D eigenvalue weighted by Crippen LogP contribution is -2.09. The van der Waals surface area contributed by atoms with E-state index in [0.29, 0.717) is 0 Å². The summed E-state index contributed by atoms with van der Waals surface area (Å²) in [7, 11) is 0. The fourth-order valence-corrected chi connectivity index (χ4v) is 1.34. The molecule has 1 aliphatic rings. The molecule has 0 N–H and O–H groups in total. The lowest BCUT2D eigenvalue weighted by molar-refractivity contribution is 0.536. The molecular formula is C10H17. The molecule has 0 heterocycles. The zero-order valence-corrected chi connectivity index (χ0v) is 7.22. The molecule has 10 heavy (non-hydrogen) atoms. The van der Waals surface area contributed by atoms with E-state index in [9.17, 15) is 0 Å². The summed E-state index contributed by atoms with van der Waals surface area (Å²) in [4.78, 5) is 0. The summed E-state index contributed by atoms with van der Waals surface area (Å²) in [5, 5.41) is 0. The largest absolute Gasteiger partial charge is 0.0851 e. The van der Waals surface area contributed by atoms with Gasteiger partial charge in [-0.2, -0.15) is 0 Å². The smallest absolute Gasteiger partial charge is 0.000160 e. The first-order valence-electron chi connectivity index (χ1n) is 4.24. The summed E-state index contributed by atoms with van der Waals surface area (Å²) in [5.74, 6) is 3.18. The highest BCUT2D eigenvalue weighted by Gasteiger charge is 2.15. The maximum atomic E-state index is 2.33. The summed E-state index contributed by atoms with van der Waals surface area (Å²) in [6.45, 7) is 6.83. The van der Waals surface area contributed by atoms with Crippen LogP contribution in [0.5, 0.6) is 0 Å². The Hall–Kier alpha value is -0.260. The van der Waals surface area contributed by atoms with Crippen LogP contribution in [0.3, 0.4) is 0 Å². The van der Waals surface area contributed by atoms with E-state index in [2.05, 4.69) is 32.9 Å². The lowest BCUT2D eigenvalue weighted by atomic mass is 9.83. The Kier molecular flexibility index (Phi) is 2.53. The molecule has 0 heteroatoms. The van der Waals surface area contributed by atoms with Gasteiger partial charge in [0.05, 0.1) is 0 Å². The van der Waals surface area contributed by atoms with Gasteiger partial charge in [0.25, 0.3) is 0 Å². The molecule has 0 bridgehead atoms. The minimum Gasteiger partial charge on any atom is -0.0851 e. The Morgan fingerprint density at radius 3 is 2.60 bits per heavy atom. The Labute approximate surface area is 64.3 Å². The van der Waals surface area contributed by atoms with E-state index in [1.54, 1.807) is 5.92 Å². The maximum absolute atomic E-state index is 2.33. The van der Waals surface area contributed by atoms with E-state index in [0.717, 1.165) is 11.8 Å². The van der Waals surface area contributed by atoms with Crippen LogP contribution < -0.4 is 0 Å². The van der Waals surface area contributed by atoms with Crippen molar-refractivity contribution in [2.75, 3.05) is 0 Å². The van der Waals surface area contributed by atoms with Gasteiger partial charge in [-0.15, -0.1) is 0 Å². The third-order valence-electron chi connectivity index (χ3n) is 2.27. The van der Waals surface area contributed by atoms with Crippen LogP contribution in [0.15, 0.2) is 12.2 Å². The predicted octanol–water partition coefficient (Wildman–Crippen LogP) is 3.20. The van der Waals surface area contributed by atoms with Crippen LogP contribution in [0.2, 0.25) is 0 Å². The van der Waals surface area contributed by atoms with Crippen molar-refractivity contribution in [3.63, 3.8) is 0 Å². The molecule has 57 valence electrons. The van der Waals surface area contributed by atoms with Crippen LogP contribution in [0.1, 0.15) is 33.6 Å². The quantitative estimate of drug-likeness (QED) is 0.520. The van der Waals surface area contributed by atoms with Crippen molar-refractivity contribution in [2.24, 2.45) is 11.8 Å². The zero-order chi connectivity index (χ0) is 7.56. The highest BCUT2D eigenvalue weighted by Crippen LogP contribution is 2.28. The van der Waals surface area contributed by atoms with Gasteiger partial charge in [0.1, 0.15) is 0 Å². The second kappa shape index (κ2) is 3.23. The maximum Gasteiger partial charge on any atom is -0.000160 e. The Bertz CT molecular complexity index is 122. The van der Waals surface area contributed by atoms with Crippen LogP contribution in [0, 0.1) is 17.8 Å². The molecule has 0 nitrogen and oxygen atoms in total. The van der Waals surface area contributed by atoms with Crippen molar-refractivity contribution in [1.29, 1.82) is 0 Å². The monoisotopic (exact) mass is 137 g/mol. The van der Waals surface area contributed by atoms with E-state index in [-0.39, 0.29) is 0 Å². The highest BCUT2D eigenvalue weighted by atomic mass is 14.2. The van der Waals surface area contributed by atoms with E-state index < -0.39 is 0 Å². The summed E-state index contributed by atoms with van der Waals surface area (Å²) in [5.41, 5.74) is 0. The average molecular weight is 137 g/mol. The molecule has 0 saturated carbocycles. The highest BCUT2D eigenvalue weighted by molar-refractivity contribution is 5.16. The van der Waals surface area contributed by atoms with Crippen molar-refractivity contribution in [2.45, 2.75) is 33.6 Å². The Balaban J connectivity index is 2.45. The topological polar surface area (TPSA) is 0 Å². The van der Waals surface area contributed by atoms with Gasteiger partial charge in [-0.05, 0) is 30.6 Å². The molecule has 1 radical (unpaired) electrons. The Morgan fingerprint density at radius 2 is 2.20 bits per heavy atom. The van der Waals surface area contributed by atoms with Gasteiger partial charge >= 0.3 is 0 Å². The molecule has 0 aromatic heterocycles. The molecule has 0 aromatic carbocycles. The first-order chi connectivity index (χ1) is 4.70. The van der Waals surface area contributed by atoms with E-state index in [1.165, 1.54) is 12.8 Å². The summed E-state index contributed by atoms with van der Waals surface area (Å²) >= 11 is 0. The molecule has 0 spiro atoms. The Morgan fingerprint density at radius 1 is 1.50 bits per heavy atom. The molecule has 1 atom stereocenters. The number of allylic oxidation sites excluding steroid dienone is 2. The van der Waals surface area contributed by atoms with E-state index in [1.807, 2.05) is 0 Å². The first-order valence-corrected chi connectivity index (χ1v) is 4.24. The van der Waals surface area contributed by atoms with Gasteiger partial charge in [0.15, 0.2) is 0 Å². The molecule has 1 aliphatic carbocycles. The molecule has 0 amide bonds. The summed E-state index contributed by atoms with van der Waals surface area (Å²) < 4.78 is 0. The predicted molar refractivity (Wildman–Crippen MR) is 45.6 cm³/mol. The second-order valence-electron chi connectivity index (χ2n) is 3.60. The molecule has 0 saturated heterocycles. The van der Waals surface area contributed by atoms with Gasteiger partial charge < -0.3 is 0 Å². The van der Waals surface area contributed by atoms with Gasteiger partial charge in [0.2, 0.25) is 0 Å². The van der Waals surface area contributed by atoms with Crippen LogP contribution >= 0.6 is 0 Å². The first kappa shape index (κ1) is 7.84. The van der Waals surface area contributed by atoms with Crippen molar-refractivity contribution >= 4 is 0 Å². The standard InChI is InChI=1S/C10H17/c1-8(2)10-6-4-9(3)5-7-10/h4,6,8-9H,5,7H2,1-3H3. The minimum atomic E-state index is 0.753. The third kappa shape index (κ3) is 1.86. The molecule has 1 rings (SSSR count). The fourth-order valence-electron chi connectivity index (χ4n) is 1.34. The van der Waals surface area contributed by atoms with Gasteiger partial charge in [-0.1, -0.05) is 32.9 Å². The number of rotatable bonds is 1. The van der Waals surface area contributed by atoms with Gasteiger partial charge in [0, 0.05) is 0 Å². The molecular weight excluding hydrogens is 120 g/mol. The normalized spacial score (nSPS) is 27.8. The van der Waals surface area contributed by atoms with E-state index in [4.69, 9.17) is 0 Å². The fraction of sp³-hybridized carbons (Fsp3) is 0.700. The van der Waals surface area contributed by atoms with Crippen molar-refractivity contribution in [3.8, 4) is 0 Å². The van der Waals surface area contributed by atoms with Crippen molar-refractivity contribution in [1.82, 2.24) is 0 Å². The lowest BCUT2D eigenvalue weighted by Gasteiger charge is -2.22. The molecule has 1 unspecified atom stereocenters. The number of hydrogen-bond donors (Lipinski definition) is 0. The summed E-state index contributed by atoms with van der Waals surface area (Å²) in [6.07, 6.45) is 7.32. The molecule has 0 aromatic rings. The van der Waals surface area contributed by atoms with Gasteiger partial charge in [-0.3, -0.25) is 0 Å².